The summed E-state index contributed by atoms with van der Waals surface area (Å²) < 4.78 is 5.16. The summed E-state index contributed by atoms with van der Waals surface area (Å²) in [6.45, 7) is 5.24. The third-order valence-corrected chi connectivity index (χ3v) is 4.46. The van der Waals surface area contributed by atoms with Crippen LogP contribution in [0.25, 0.3) is 0 Å². The summed E-state index contributed by atoms with van der Waals surface area (Å²) in [6, 6.07) is 7.10. The van der Waals surface area contributed by atoms with Crippen LogP contribution in [0.3, 0.4) is 0 Å². The fraction of sp³-hybridized carbons (Fsp3) is 0.600. The molecule has 0 radical (unpaired) electrons. The fourth-order valence-corrected chi connectivity index (χ4v) is 3.30. The highest BCUT2D eigenvalue weighted by Gasteiger charge is 2.24. The molecule has 1 amide bonds. The molecule has 0 spiro atoms. The molecule has 0 heterocycles. The minimum Gasteiger partial charge on any atom is -0.480 e. The van der Waals surface area contributed by atoms with Gasteiger partial charge in [-0.05, 0) is 50.7 Å². The Hall–Kier alpha value is -2.04. The van der Waals surface area contributed by atoms with E-state index in [-0.39, 0.29) is 6.42 Å². The summed E-state index contributed by atoms with van der Waals surface area (Å²) in [7, 11) is 0. The summed E-state index contributed by atoms with van der Waals surface area (Å²) in [6.07, 6.45) is 5.75. The van der Waals surface area contributed by atoms with Gasteiger partial charge in [0.15, 0.2) is 0 Å². The first-order valence-electron chi connectivity index (χ1n) is 9.06. The Bertz CT molecular complexity index is 600. The smallest absolute Gasteiger partial charge is 0.408 e. The maximum absolute atomic E-state index is 11.9. The molecule has 1 aliphatic rings. The Kier molecular flexibility index (Phi) is 6.45. The molecule has 1 aromatic carbocycles. The lowest BCUT2D eigenvalue weighted by Crippen LogP contribution is -2.44. The first-order valence-corrected chi connectivity index (χ1v) is 9.06. The molecule has 2 N–H and O–H groups in total. The fourth-order valence-electron chi connectivity index (χ4n) is 3.30. The van der Waals surface area contributed by atoms with Gasteiger partial charge in [0, 0.05) is 6.42 Å². The van der Waals surface area contributed by atoms with Crippen LogP contribution in [0.2, 0.25) is 0 Å². The predicted molar refractivity (Wildman–Crippen MR) is 96.8 cm³/mol. The van der Waals surface area contributed by atoms with E-state index in [9.17, 15) is 14.7 Å². The summed E-state index contributed by atoms with van der Waals surface area (Å²) >= 11 is 0. The number of nitrogens with one attached hydrogen (secondary N) is 1. The number of carboxylic acid groups (broad SMARTS) is 1. The van der Waals surface area contributed by atoms with Gasteiger partial charge >= 0.3 is 12.1 Å². The lowest BCUT2D eigenvalue weighted by molar-refractivity contribution is -0.139. The number of hydrogen-bond donors (Lipinski definition) is 2. The zero-order valence-electron chi connectivity index (χ0n) is 15.4. The molecule has 1 aromatic rings. The Labute approximate surface area is 149 Å². The highest BCUT2D eigenvalue weighted by molar-refractivity contribution is 5.80. The van der Waals surface area contributed by atoms with Crippen LogP contribution in [-0.2, 0) is 16.0 Å². The van der Waals surface area contributed by atoms with Gasteiger partial charge in [0.25, 0.3) is 0 Å². The lowest BCUT2D eigenvalue weighted by Gasteiger charge is -2.23. The zero-order valence-corrected chi connectivity index (χ0v) is 15.4. The zero-order chi connectivity index (χ0) is 18.4. The topological polar surface area (TPSA) is 75.6 Å². The normalized spacial score (nSPS) is 16.9. The van der Waals surface area contributed by atoms with E-state index in [1.165, 1.54) is 37.7 Å². The monoisotopic (exact) mass is 347 g/mol. The highest BCUT2D eigenvalue weighted by atomic mass is 16.6. The number of aliphatic carboxylic acids is 1. The number of amides is 1. The highest BCUT2D eigenvalue weighted by Crippen LogP contribution is 2.32. The van der Waals surface area contributed by atoms with Gasteiger partial charge in [0.1, 0.15) is 11.6 Å². The predicted octanol–water partition coefficient (Wildman–Crippen LogP) is 4.25. The number of ether oxygens (including phenoxy) is 1. The minimum absolute atomic E-state index is 0.245. The van der Waals surface area contributed by atoms with Crippen molar-refractivity contribution >= 4 is 12.1 Å². The van der Waals surface area contributed by atoms with E-state index >= 15 is 0 Å². The van der Waals surface area contributed by atoms with Gasteiger partial charge in [-0.15, -0.1) is 0 Å². The molecule has 0 saturated heterocycles. The largest absolute Gasteiger partial charge is 0.480 e. The number of rotatable bonds is 5. The SMILES string of the molecule is CC(C)(C)OC(=O)NC(Cc1cccc(C2CCCCC2)c1)C(=O)O. The maximum atomic E-state index is 11.9. The third-order valence-electron chi connectivity index (χ3n) is 4.46. The van der Waals surface area contributed by atoms with Gasteiger partial charge in [0.2, 0.25) is 0 Å². The van der Waals surface area contributed by atoms with E-state index in [0.29, 0.717) is 5.92 Å². The van der Waals surface area contributed by atoms with Crippen molar-refractivity contribution in [1.29, 1.82) is 0 Å². The van der Waals surface area contributed by atoms with E-state index in [0.717, 1.165) is 5.56 Å². The summed E-state index contributed by atoms with van der Waals surface area (Å²) in [5.74, 6) is -0.496. The Morgan fingerprint density at radius 2 is 1.92 bits per heavy atom. The molecule has 0 aliphatic heterocycles. The number of alkyl carbamates (subject to hydrolysis) is 1. The van der Waals surface area contributed by atoms with Crippen molar-refractivity contribution in [2.24, 2.45) is 0 Å². The van der Waals surface area contributed by atoms with Gasteiger partial charge in [-0.2, -0.15) is 0 Å². The summed E-state index contributed by atoms with van der Waals surface area (Å²) in [5, 5.41) is 11.9. The molecule has 1 saturated carbocycles. The van der Waals surface area contributed by atoms with Gasteiger partial charge in [0.05, 0.1) is 0 Å². The number of carboxylic acids is 1. The average molecular weight is 347 g/mol. The van der Waals surface area contributed by atoms with E-state index in [1.807, 2.05) is 12.1 Å². The van der Waals surface area contributed by atoms with Crippen molar-refractivity contribution in [3.8, 4) is 0 Å². The van der Waals surface area contributed by atoms with Crippen LogP contribution in [0.5, 0.6) is 0 Å². The van der Waals surface area contributed by atoms with Crippen molar-refractivity contribution in [2.75, 3.05) is 0 Å². The minimum atomic E-state index is -1.06. The standard InChI is InChI=1S/C20H29NO4/c1-20(2,3)25-19(24)21-17(18(22)23)13-14-8-7-11-16(12-14)15-9-5-4-6-10-15/h7-8,11-12,15,17H,4-6,9-10,13H2,1-3H3,(H,21,24)(H,22,23). The van der Waals surface area contributed by atoms with Crippen LogP contribution in [0.15, 0.2) is 24.3 Å². The molecule has 1 unspecified atom stereocenters. The second kappa shape index (κ2) is 8.37. The van der Waals surface area contributed by atoms with Crippen LogP contribution in [0, 0.1) is 0 Å². The molecule has 1 aliphatic carbocycles. The van der Waals surface area contributed by atoms with Crippen molar-refractivity contribution in [3.05, 3.63) is 35.4 Å². The average Bonchev–Trinajstić information content (AvgIpc) is 2.53. The number of benzene rings is 1. The molecular formula is C20H29NO4. The molecule has 25 heavy (non-hydrogen) atoms. The van der Waals surface area contributed by atoms with Gasteiger partial charge in [-0.25, -0.2) is 9.59 Å². The summed E-state index contributed by atoms with van der Waals surface area (Å²) in [4.78, 5) is 23.4. The molecule has 1 fully saturated rings. The van der Waals surface area contributed by atoms with Gasteiger partial charge in [-0.1, -0.05) is 43.5 Å². The molecule has 0 bridgehead atoms. The lowest BCUT2D eigenvalue weighted by atomic mass is 9.83. The first-order chi connectivity index (χ1) is 11.7. The Morgan fingerprint density at radius 3 is 2.52 bits per heavy atom. The van der Waals surface area contributed by atoms with E-state index in [1.54, 1.807) is 20.8 Å². The summed E-state index contributed by atoms with van der Waals surface area (Å²) in [5.41, 5.74) is 1.54. The third kappa shape index (κ3) is 6.40. The molecule has 5 nitrogen and oxygen atoms in total. The van der Waals surface area contributed by atoms with E-state index < -0.39 is 23.7 Å². The maximum Gasteiger partial charge on any atom is 0.408 e. The van der Waals surface area contributed by atoms with Crippen LogP contribution in [0.4, 0.5) is 4.79 Å². The van der Waals surface area contributed by atoms with Gasteiger partial charge < -0.3 is 15.2 Å². The quantitative estimate of drug-likeness (QED) is 0.835. The number of carbonyl (C=O) groups is 2. The molecular weight excluding hydrogens is 318 g/mol. The molecule has 1 atom stereocenters. The van der Waals surface area contributed by atoms with Gasteiger partial charge in [-0.3, -0.25) is 0 Å². The number of carbonyl (C=O) groups excluding carboxylic acids is 1. The van der Waals surface area contributed by atoms with Crippen LogP contribution < -0.4 is 5.32 Å². The van der Waals surface area contributed by atoms with E-state index in [4.69, 9.17) is 4.74 Å². The second-order valence-corrected chi connectivity index (χ2v) is 7.82. The van der Waals surface area contributed by atoms with Crippen molar-refractivity contribution in [3.63, 3.8) is 0 Å². The van der Waals surface area contributed by atoms with E-state index in [2.05, 4.69) is 17.4 Å². The van der Waals surface area contributed by atoms with Crippen LogP contribution in [0.1, 0.15) is 69.9 Å². The molecule has 138 valence electrons. The van der Waals surface area contributed by atoms with Crippen molar-refractivity contribution < 1.29 is 19.4 Å². The van der Waals surface area contributed by atoms with Crippen LogP contribution >= 0.6 is 0 Å². The Balaban J connectivity index is 2.03. The Morgan fingerprint density at radius 1 is 1.24 bits per heavy atom. The second-order valence-electron chi connectivity index (χ2n) is 7.82. The van der Waals surface area contributed by atoms with Crippen molar-refractivity contribution in [2.45, 2.75) is 76.9 Å². The molecule has 5 heteroatoms. The number of hydrogen-bond acceptors (Lipinski definition) is 3. The van der Waals surface area contributed by atoms with Crippen LogP contribution in [-0.4, -0.2) is 28.8 Å². The van der Waals surface area contributed by atoms with Crippen molar-refractivity contribution in [1.82, 2.24) is 5.32 Å². The molecule has 0 aromatic heterocycles. The molecule has 2 rings (SSSR count). The first kappa shape index (κ1) is 19.3.